The molecule has 0 aliphatic rings. The Hall–Kier alpha value is -0.590. The van der Waals surface area contributed by atoms with Gasteiger partial charge in [-0.05, 0) is 18.8 Å². The fraction of sp³-hybridized carbons (Fsp3) is 0.750. The standard InChI is InChI=1S/C12H22O/c1-5-8-11(7-3)9-12(13)10(4)6-2/h7,10-11H,3,5-6,8-9H2,1-2,4H3. The van der Waals surface area contributed by atoms with Gasteiger partial charge in [0.25, 0.3) is 0 Å². The lowest BCUT2D eigenvalue weighted by Crippen LogP contribution is -2.13. The fourth-order valence-corrected chi connectivity index (χ4v) is 1.36. The normalized spacial score (nSPS) is 15.0. The smallest absolute Gasteiger partial charge is 0.136 e. The molecule has 2 unspecified atom stereocenters. The van der Waals surface area contributed by atoms with Gasteiger partial charge in [-0.3, -0.25) is 4.79 Å². The molecule has 0 aromatic rings. The minimum Gasteiger partial charge on any atom is -0.299 e. The summed E-state index contributed by atoms with van der Waals surface area (Å²) in [6.07, 6.45) is 5.78. The predicted molar refractivity (Wildman–Crippen MR) is 57.7 cm³/mol. The summed E-state index contributed by atoms with van der Waals surface area (Å²) in [6.45, 7) is 9.98. The van der Waals surface area contributed by atoms with E-state index in [1.807, 2.05) is 13.0 Å². The summed E-state index contributed by atoms with van der Waals surface area (Å²) in [5.74, 6) is 1.01. The molecule has 0 bridgehead atoms. The zero-order valence-electron chi connectivity index (χ0n) is 9.18. The molecule has 0 saturated heterocycles. The Morgan fingerprint density at radius 3 is 2.46 bits per heavy atom. The molecule has 0 amide bonds. The highest BCUT2D eigenvalue weighted by Crippen LogP contribution is 2.16. The second kappa shape index (κ2) is 6.88. The van der Waals surface area contributed by atoms with Crippen LogP contribution in [0.5, 0.6) is 0 Å². The molecule has 2 atom stereocenters. The predicted octanol–water partition coefficient (Wildman–Crippen LogP) is 3.59. The maximum atomic E-state index is 11.6. The molecule has 0 aliphatic heterocycles. The van der Waals surface area contributed by atoms with Gasteiger partial charge in [0.05, 0.1) is 0 Å². The van der Waals surface area contributed by atoms with Crippen LogP contribution in [0.25, 0.3) is 0 Å². The number of hydrogen-bond donors (Lipinski definition) is 0. The quantitative estimate of drug-likeness (QED) is 0.550. The van der Waals surface area contributed by atoms with Crippen LogP contribution >= 0.6 is 0 Å². The number of carbonyl (C=O) groups excluding carboxylic acids is 1. The monoisotopic (exact) mass is 182 g/mol. The molecule has 1 nitrogen and oxygen atoms in total. The molecule has 0 rings (SSSR count). The molecule has 1 heteroatoms. The van der Waals surface area contributed by atoms with Crippen molar-refractivity contribution in [3.8, 4) is 0 Å². The fourth-order valence-electron chi connectivity index (χ4n) is 1.36. The van der Waals surface area contributed by atoms with E-state index in [4.69, 9.17) is 0 Å². The van der Waals surface area contributed by atoms with E-state index in [1.54, 1.807) is 0 Å². The number of rotatable bonds is 7. The van der Waals surface area contributed by atoms with Crippen LogP contribution in [0.4, 0.5) is 0 Å². The Bertz CT molecular complexity index is 161. The first-order chi connectivity index (χ1) is 6.15. The van der Waals surface area contributed by atoms with E-state index in [9.17, 15) is 4.79 Å². The van der Waals surface area contributed by atoms with Crippen molar-refractivity contribution >= 4 is 5.78 Å². The number of carbonyl (C=O) groups is 1. The summed E-state index contributed by atoms with van der Waals surface area (Å²) in [6, 6.07) is 0. The van der Waals surface area contributed by atoms with Gasteiger partial charge in [0.1, 0.15) is 5.78 Å². The van der Waals surface area contributed by atoms with Crippen LogP contribution in [0.1, 0.15) is 46.5 Å². The summed E-state index contributed by atoms with van der Waals surface area (Å²) < 4.78 is 0. The van der Waals surface area contributed by atoms with Gasteiger partial charge < -0.3 is 0 Å². The Labute approximate surface area is 82.2 Å². The maximum Gasteiger partial charge on any atom is 0.136 e. The van der Waals surface area contributed by atoms with E-state index in [1.165, 1.54) is 0 Å². The molecule has 0 N–H and O–H groups in total. The van der Waals surface area contributed by atoms with Crippen molar-refractivity contribution in [2.45, 2.75) is 46.5 Å². The van der Waals surface area contributed by atoms with Crippen molar-refractivity contribution in [3.05, 3.63) is 12.7 Å². The molecule has 0 heterocycles. The lowest BCUT2D eigenvalue weighted by Gasteiger charge is -2.13. The van der Waals surface area contributed by atoms with Crippen LogP contribution in [0, 0.1) is 11.8 Å². The lowest BCUT2D eigenvalue weighted by atomic mass is 9.91. The van der Waals surface area contributed by atoms with E-state index in [-0.39, 0.29) is 5.92 Å². The Morgan fingerprint density at radius 1 is 1.46 bits per heavy atom. The molecule has 0 aliphatic carbocycles. The minimum absolute atomic E-state index is 0.222. The van der Waals surface area contributed by atoms with Crippen molar-refractivity contribution in [1.29, 1.82) is 0 Å². The van der Waals surface area contributed by atoms with Gasteiger partial charge in [-0.25, -0.2) is 0 Å². The first-order valence-corrected chi connectivity index (χ1v) is 5.30. The van der Waals surface area contributed by atoms with E-state index < -0.39 is 0 Å². The van der Waals surface area contributed by atoms with E-state index in [2.05, 4.69) is 20.4 Å². The highest BCUT2D eigenvalue weighted by Gasteiger charge is 2.14. The first kappa shape index (κ1) is 12.4. The number of allylic oxidation sites excluding steroid dienone is 1. The Kier molecular flexibility index (Phi) is 6.56. The molecule has 0 aromatic heterocycles. The average Bonchev–Trinajstić information content (AvgIpc) is 2.15. The van der Waals surface area contributed by atoms with E-state index >= 15 is 0 Å². The van der Waals surface area contributed by atoms with Crippen molar-refractivity contribution in [2.24, 2.45) is 11.8 Å². The van der Waals surface area contributed by atoms with Crippen molar-refractivity contribution in [1.82, 2.24) is 0 Å². The molecule has 0 fully saturated rings. The first-order valence-electron chi connectivity index (χ1n) is 5.30. The van der Waals surface area contributed by atoms with Crippen LogP contribution in [0.15, 0.2) is 12.7 Å². The van der Waals surface area contributed by atoms with Gasteiger partial charge in [0, 0.05) is 12.3 Å². The van der Waals surface area contributed by atoms with Crippen molar-refractivity contribution in [2.75, 3.05) is 0 Å². The summed E-state index contributed by atoms with van der Waals surface area (Å²) in [4.78, 5) is 11.6. The van der Waals surface area contributed by atoms with Crippen molar-refractivity contribution in [3.63, 3.8) is 0 Å². The molecule has 0 saturated carbocycles. The average molecular weight is 182 g/mol. The molecule has 13 heavy (non-hydrogen) atoms. The summed E-state index contributed by atoms with van der Waals surface area (Å²) in [7, 11) is 0. The zero-order chi connectivity index (χ0) is 10.3. The third kappa shape index (κ3) is 4.87. The van der Waals surface area contributed by atoms with Gasteiger partial charge >= 0.3 is 0 Å². The van der Waals surface area contributed by atoms with Gasteiger partial charge in [-0.15, -0.1) is 6.58 Å². The van der Waals surface area contributed by atoms with Crippen LogP contribution in [0.2, 0.25) is 0 Å². The topological polar surface area (TPSA) is 17.1 Å². The summed E-state index contributed by atoms with van der Waals surface area (Å²) >= 11 is 0. The van der Waals surface area contributed by atoms with E-state index in [0.717, 1.165) is 19.3 Å². The molecule has 0 aromatic carbocycles. The SMILES string of the molecule is C=CC(CCC)CC(=O)C(C)CC. The van der Waals surface area contributed by atoms with Crippen LogP contribution < -0.4 is 0 Å². The molecular weight excluding hydrogens is 160 g/mol. The Morgan fingerprint density at radius 2 is 2.08 bits per heavy atom. The van der Waals surface area contributed by atoms with E-state index in [0.29, 0.717) is 18.1 Å². The zero-order valence-corrected chi connectivity index (χ0v) is 9.18. The van der Waals surface area contributed by atoms with Crippen molar-refractivity contribution < 1.29 is 4.79 Å². The maximum absolute atomic E-state index is 11.6. The minimum atomic E-state index is 0.222. The molecule has 76 valence electrons. The van der Waals surface area contributed by atoms with Gasteiger partial charge in [-0.2, -0.15) is 0 Å². The Balaban J connectivity index is 3.92. The van der Waals surface area contributed by atoms with Crippen LogP contribution in [-0.4, -0.2) is 5.78 Å². The molecule has 0 spiro atoms. The summed E-state index contributed by atoms with van der Waals surface area (Å²) in [5.41, 5.74) is 0. The summed E-state index contributed by atoms with van der Waals surface area (Å²) in [5, 5.41) is 0. The van der Waals surface area contributed by atoms with Gasteiger partial charge in [0.15, 0.2) is 0 Å². The largest absolute Gasteiger partial charge is 0.299 e. The lowest BCUT2D eigenvalue weighted by molar-refractivity contribution is -0.123. The number of hydrogen-bond acceptors (Lipinski definition) is 1. The highest BCUT2D eigenvalue weighted by molar-refractivity contribution is 5.80. The third-order valence-electron chi connectivity index (χ3n) is 2.62. The second-order valence-corrected chi connectivity index (χ2v) is 3.76. The third-order valence-corrected chi connectivity index (χ3v) is 2.62. The number of ketones is 1. The molecular formula is C12H22O. The van der Waals surface area contributed by atoms with Crippen LogP contribution in [-0.2, 0) is 4.79 Å². The van der Waals surface area contributed by atoms with Gasteiger partial charge in [-0.1, -0.05) is 33.3 Å². The van der Waals surface area contributed by atoms with Gasteiger partial charge in [0.2, 0.25) is 0 Å². The second-order valence-electron chi connectivity index (χ2n) is 3.76. The number of Topliss-reactive ketones (excluding diaryl/α,β-unsaturated/α-hetero) is 1. The molecule has 0 radical (unpaired) electrons. The van der Waals surface area contributed by atoms with Crippen LogP contribution in [0.3, 0.4) is 0 Å². The highest BCUT2D eigenvalue weighted by atomic mass is 16.1.